The van der Waals surface area contributed by atoms with Gasteiger partial charge in [-0.05, 0) is 12.5 Å². The predicted octanol–water partition coefficient (Wildman–Crippen LogP) is 2.06. The monoisotopic (exact) mass is 272 g/mol. The van der Waals surface area contributed by atoms with Crippen molar-refractivity contribution >= 4 is 33.1 Å². The van der Waals surface area contributed by atoms with Crippen LogP contribution in [0.25, 0.3) is 0 Å². The van der Waals surface area contributed by atoms with Gasteiger partial charge < -0.3 is 5.73 Å². The van der Waals surface area contributed by atoms with Crippen molar-refractivity contribution in [3.8, 4) is 0 Å². The topological polar surface area (TPSA) is 86.2 Å². The third-order valence-corrected chi connectivity index (χ3v) is 2.57. The van der Waals surface area contributed by atoms with Crippen molar-refractivity contribution < 1.29 is 9.72 Å². The van der Waals surface area contributed by atoms with Gasteiger partial charge in [0.05, 0.1) is 10.3 Å². The summed E-state index contributed by atoms with van der Waals surface area (Å²) in [7, 11) is 0. The zero-order chi connectivity index (χ0) is 11.6. The first-order valence-corrected chi connectivity index (χ1v) is 5.23. The molecule has 80 valence electrons. The first-order chi connectivity index (χ1) is 6.97. The molecule has 0 aromatic heterocycles. The smallest absolute Gasteiger partial charge is 0.272 e. The number of carbonyl (C=O) groups excluding carboxylic acids is 1. The van der Waals surface area contributed by atoms with Gasteiger partial charge in [0.15, 0.2) is 5.78 Å². The first kappa shape index (κ1) is 11.6. The number of halogens is 1. The average molecular weight is 273 g/mol. The second kappa shape index (κ2) is 4.39. The summed E-state index contributed by atoms with van der Waals surface area (Å²) in [6.45, 7) is 1.66. The van der Waals surface area contributed by atoms with Crippen LogP contribution in [-0.2, 0) is 0 Å². The predicted molar refractivity (Wildman–Crippen MR) is 60.4 cm³/mol. The molecule has 0 unspecified atom stereocenters. The third-order valence-electron chi connectivity index (χ3n) is 2.07. The summed E-state index contributed by atoms with van der Waals surface area (Å²) in [6.07, 6.45) is 0. The van der Waals surface area contributed by atoms with Crippen LogP contribution in [0.5, 0.6) is 0 Å². The van der Waals surface area contributed by atoms with Gasteiger partial charge >= 0.3 is 0 Å². The van der Waals surface area contributed by atoms with E-state index in [0.717, 1.165) is 0 Å². The second-order valence-corrected chi connectivity index (χ2v) is 3.58. The highest BCUT2D eigenvalue weighted by atomic mass is 79.9. The maximum absolute atomic E-state index is 11.4. The molecule has 0 aliphatic carbocycles. The number of benzene rings is 1. The third kappa shape index (κ3) is 2.33. The van der Waals surface area contributed by atoms with E-state index in [1.54, 1.807) is 6.92 Å². The Bertz CT molecular complexity index is 432. The number of ketones is 1. The minimum Gasteiger partial charge on any atom is -0.398 e. The van der Waals surface area contributed by atoms with Crippen LogP contribution in [0.3, 0.4) is 0 Å². The first-order valence-electron chi connectivity index (χ1n) is 4.11. The van der Waals surface area contributed by atoms with Gasteiger partial charge in [0.25, 0.3) is 5.69 Å². The molecule has 0 amide bonds. The molecule has 1 aromatic carbocycles. The van der Waals surface area contributed by atoms with E-state index < -0.39 is 4.92 Å². The number of alkyl halides is 1. The van der Waals surface area contributed by atoms with Crippen molar-refractivity contribution in [1.82, 2.24) is 0 Å². The molecule has 0 aliphatic heterocycles. The summed E-state index contributed by atoms with van der Waals surface area (Å²) in [5.41, 5.74) is 6.54. The molecule has 0 heterocycles. The molecule has 0 spiro atoms. The lowest BCUT2D eigenvalue weighted by atomic mass is 10.0. The van der Waals surface area contributed by atoms with Gasteiger partial charge in [0.1, 0.15) is 0 Å². The summed E-state index contributed by atoms with van der Waals surface area (Å²) in [4.78, 5) is 21.4. The second-order valence-electron chi connectivity index (χ2n) is 3.02. The quantitative estimate of drug-likeness (QED) is 0.300. The van der Waals surface area contributed by atoms with E-state index in [-0.39, 0.29) is 22.5 Å². The highest BCUT2D eigenvalue weighted by molar-refractivity contribution is 9.09. The molecular weight excluding hydrogens is 264 g/mol. The average Bonchev–Trinajstić information content (AvgIpc) is 2.20. The summed E-state index contributed by atoms with van der Waals surface area (Å²) >= 11 is 3.01. The van der Waals surface area contributed by atoms with E-state index in [9.17, 15) is 14.9 Å². The van der Waals surface area contributed by atoms with Gasteiger partial charge in [-0.3, -0.25) is 14.9 Å². The van der Waals surface area contributed by atoms with E-state index in [1.807, 2.05) is 0 Å². The number of hydrogen-bond acceptors (Lipinski definition) is 4. The van der Waals surface area contributed by atoms with E-state index in [4.69, 9.17) is 5.73 Å². The van der Waals surface area contributed by atoms with Crippen molar-refractivity contribution in [3.63, 3.8) is 0 Å². The number of nitrogens with two attached hydrogens (primary N) is 1. The molecule has 1 aromatic rings. The largest absolute Gasteiger partial charge is 0.398 e. The molecule has 2 N–H and O–H groups in total. The number of rotatable bonds is 3. The van der Waals surface area contributed by atoms with E-state index in [2.05, 4.69) is 15.9 Å². The number of hydrogen-bond donors (Lipinski definition) is 1. The maximum Gasteiger partial charge on any atom is 0.272 e. The number of Topliss-reactive ketones (excluding diaryl/α,β-unsaturated/α-hetero) is 1. The van der Waals surface area contributed by atoms with E-state index >= 15 is 0 Å². The maximum atomic E-state index is 11.4. The van der Waals surface area contributed by atoms with Gasteiger partial charge in [-0.2, -0.15) is 0 Å². The van der Waals surface area contributed by atoms with Crippen molar-refractivity contribution in [3.05, 3.63) is 33.4 Å². The van der Waals surface area contributed by atoms with Crippen LogP contribution in [-0.4, -0.2) is 16.0 Å². The Morgan fingerprint density at radius 1 is 1.60 bits per heavy atom. The molecule has 0 atom stereocenters. The zero-order valence-corrected chi connectivity index (χ0v) is 9.58. The molecule has 15 heavy (non-hydrogen) atoms. The Morgan fingerprint density at radius 3 is 2.67 bits per heavy atom. The SMILES string of the molecule is Cc1c(N)cc([N+](=O)[O-])cc1C(=O)CBr. The van der Waals surface area contributed by atoms with Gasteiger partial charge in [-0.25, -0.2) is 0 Å². The van der Waals surface area contributed by atoms with E-state index in [0.29, 0.717) is 11.1 Å². The highest BCUT2D eigenvalue weighted by Gasteiger charge is 2.16. The normalized spacial score (nSPS) is 10.0. The molecule has 0 radical (unpaired) electrons. The van der Waals surface area contributed by atoms with Crippen molar-refractivity contribution in [2.24, 2.45) is 0 Å². The van der Waals surface area contributed by atoms with Crippen molar-refractivity contribution in [1.29, 1.82) is 0 Å². The van der Waals surface area contributed by atoms with Gasteiger partial charge in [-0.15, -0.1) is 0 Å². The van der Waals surface area contributed by atoms with E-state index in [1.165, 1.54) is 12.1 Å². The Labute approximate surface area is 94.5 Å². The lowest BCUT2D eigenvalue weighted by Crippen LogP contribution is -2.06. The van der Waals surface area contributed by atoms with Crippen LogP contribution in [0.1, 0.15) is 15.9 Å². The molecule has 1 rings (SSSR count). The molecule has 5 nitrogen and oxygen atoms in total. The van der Waals surface area contributed by atoms with Crippen LogP contribution in [0.15, 0.2) is 12.1 Å². The van der Waals surface area contributed by atoms with Crippen LogP contribution >= 0.6 is 15.9 Å². The van der Waals surface area contributed by atoms with Gasteiger partial charge in [0, 0.05) is 23.4 Å². The van der Waals surface area contributed by atoms with Crippen molar-refractivity contribution in [2.75, 3.05) is 11.1 Å². The fourth-order valence-electron chi connectivity index (χ4n) is 1.19. The molecule has 6 heteroatoms. The Kier molecular flexibility index (Phi) is 3.41. The Morgan fingerprint density at radius 2 is 2.20 bits per heavy atom. The molecule has 0 fully saturated rings. The summed E-state index contributed by atoms with van der Waals surface area (Å²) in [5.74, 6) is -0.220. The number of non-ortho nitro benzene ring substituents is 1. The highest BCUT2D eigenvalue weighted by Crippen LogP contribution is 2.24. The van der Waals surface area contributed by atoms with Gasteiger partial charge in [0.2, 0.25) is 0 Å². The minimum absolute atomic E-state index is 0.119. The summed E-state index contributed by atoms with van der Waals surface area (Å²) in [6, 6.07) is 2.50. The molecule has 0 saturated carbocycles. The fraction of sp³-hybridized carbons (Fsp3) is 0.222. The van der Waals surface area contributed by atoms with Crippen LogP contribution in [0.2, 0.25) is 0 Å². The zero-order valence-electron chi connectivity index (χ0n) is 7.99. The lowest BCUT2D eigenvalue weighted by molar-refractivity contribution is -0.384. The number of nitro groups is 1. The summed E-state index contributed by atoms with van der Waals surface area (Å²) < 4.78 is 0. The standard InChI is InChI=1S/C9H9BrN2O3/c1-5-7(9(13)4-10)2-6(12(14)15)3-8(5)11/h2-3H,4,11H2,1H3. The van der Waals surface area contributed by atoms with Crippen LogP contribution in [0, 0.1) is 17.0 Å². The van der Waals surface area contributed by atoms with Crippen molar-refractivity contribution in [2.45, 2.75) is 6.92 Å². The lowest BCUT2D eigenvalue weighted by Gasteiger charge is -2.05. The molecular formula is C9H9BrN2O3. The number of nitrogen functional groups attached to an aromatic ring is 1. The van der Waals surface area contributed by atoms with Gasteiger partial charge in [-0.1, -0.05) is 15.9 Å². The minimum atomic E-state index is -0.569. The Balaban J connectivity index is 3.37. The molecule has 0 aliphatic rings. The Hall–Kier alpha value is -1.43. The van der Waals surface area contributed by atoms with Crippen LogP contribution in [0.4, 0.5) is 11.4 Å². The summed E-state index contributed by atoms with van der Waals surface area (Å²) in [5, 5.41) is 10.7. The molecule has 0 bridgehead atoms. The fourth-order valence-corrected chi connectivity index (χ4v) is 1.49. The molecule has 0 saturated heterocycles. The number of anilines is 1. The number of nitro benzene ring substituents is 1. The van der Waals surface area contributed by atoms with Crippen LogP contribution < -0.4 is 5.73 Å². The number of carbonyl (C=O) groups is 1. The number of nitrogens with zero attached hydrogens (tertiary/aromatic N) is 1.